The molecule has 0 spiro atoms. The molecule has 1 saturated heterocycles. The van der Waals surface area contributed by atoms with Crippen LogP contribution in [-0.4, -0.2) is 22.9 Å². The second kappa shape index (κ2) is 5.24. The normalized spacial score (nSPS) is 16.9. The third kappa shape index (κ3) is 2.35. The van der Waals surface area contributed by atoms with Gasteiger partial charge in [-0.25, -0.2) is 4.68 Å². The molecule has 0 unspecified atom stereocenters. The first kappa shape index (κ1) is 11.9. The first-order valence-electron chi connectivity index (χ1n) is 6.36. The maximum absolute atomic E-state index is 4.75. The molecule has 0 bridgehead atoms. The van der Waals surface area contributed by atoms with E-state index in [1.165, 1.54) is 18.5 Å². The van der Waals surface area contributed by atoms with Crippen molar-refractivity contribution in [2.45, 2.75) is 18.8 Å². The zero-order chi connectivity index (χ0) is 12.4. The van der Waals surface area contributed by atoms with Crippen LogP contribution in [0.4, 0.5) is 0 Å². The first-order chi connectivity index (χ1) is 8.84. The van der Waals surface area contributed by atoms with Crippen molar-refractivity contribution in [3.05, 3.63) is 46.7 Å². The van der Waals surface area contributed by atoms with Gasteiger partial charge in [0.15, 0.2) is 0 Å². The van der Waals surface area contributed by atoms with Gasteiger partial charge in [0.1, 0.15) is 0 Å². The number of halogens is 1. The number of nitrogens with zero attached hydrogens (tertiary/aromatic N) is 2. The maximum Gasteiger partial charge on any atom is 0.0802 e. The molecule has 1 aromatic carbocycles. The van der Waals surface area contributed by atoms with Crippen LogP contribution in [-0.2, 0) is 0 Å². The third-order valence-corrected chi connectivity index (χ3v) is 4.05. The van der Waals surface area contributed by atoms with Crippen molar-refractivity contribution in [3.8, 4) is 5.69 Å². The number of hydrogen-bond donors (Lipinski definition) is 1. The van der Waals surface area contributed by atoms with Gasteiger partial charge < -0.3 is 5.32 Å². The summed E-state index contributed by atoms with van der Waals surface area (Å²) in [6.07, 6.45) is 4.40. The van der Waals surface area contributed by atoms with Gasteiger partial charge >= 0.3 is 0 Å². The Hall–Kier alpha value is -1.13. The number of nitrogens with one attached hydrogen (secondary N) is 1. The summed E-state index contributed by atoms with van der Waals surface area (Å²) in [5.74, 6) is 0.575. The molecule has 0 saturated carbocycles. The Morgan fingerprint density at radius 1 is 1.17 bits per heavy atom. The van der Waals surface area contributed by atoms with Crippen LogP contribution < -0.4 is 5.32 Å². The smallest absolute Gasteiger partial charge is 0.0802 e. The summed E-state index contributed by atoms with van der Waals surface area (Å²) in [5, 5.41) is 8.14. The summed E-state index contributed by atoms with van der Waals surface area (Å²) in [4.78, 5) is 0. The zero-order valence-corrected chi connectivity index (χ0v) is 11.7. The number of rotatable bonds is 2. The Labute approximate surface area is 115 Å². The van der Waals surface area contributed by atoms with Crippen LogP contribution in [0, 0.1) is 0 Å². The molecule has 3 rings (SSSR count). The number of piperidine rings is 1. The van der Waals surface area contributed by atoms with Crippen molar-refractivity contribution < 1.29 is 0 Å². The quantitative estimate of drug-likeness (QED) is 0.924. The van der Waals surface area contributed by atoms with Crippen LogP contribution in [0.15, 0.2) is 41.0 Å². The van der Waals surface area contributed by atoms with Crippen molar-refractivity contribution in [2.75, 3.05) is 13.1 Å². The monoisotopic (exact) mass is 305 g/mol. The number of benzene rings is 1. The standard InChI is InChI=1S/C14H16BrN3/c15-13-10-18(12-4-2-1-3-5-12)17-14(13)11-6-8-16-9-7-11/h1-5,10-11,16H,6-9H2. The van der Waals surface area contributed by atoms with Gasteiger partial charge in [-0.15, -0.1) is 0 Å². The lowest BCUT2D eigenvalue weighted by atomic mass is 9.95. The zero-order valence-electron chi connectivity index (χ0n) is 10.1. The highest BCUT2D eigenvalue weighted by Crippen LogP contribution is 2.30. The second-order valence-corrected chi connectivity index (χ2v) is 5.52. The largest absolute Gasteiger partial charge is 0.317 e. The summed E-state index contributed by atoms with van der Waals surface area (Å²) >= 11 is 3.65. The van der Waals surface area contributed by atoms with Gasteiger partial charge in [-0.1, -0.05) is 18.2 Å². The van der Waals surface area contributed by atoms with Crippen LogP contribution in [0.2, 0.25) is 0 Å². The molecule has 1 aliphatic heterocycles. The maximum atomic E-state index is 4.75. The Balaban J connectivity index is 1.91. The van der Waals surface area contributed by atoms with Crippen LogP contribution in [0.25, 0.3) is 5.69 Å². The van der Waals surface area contributed by atoms with E-state index in [0.29, 0.717) is 5.92 Å². The predicted molar refractivity (Wildman–Crippen MR) is 76.1 cm³/mol. The molecule has 2 heterocycles. The average molecular weight is 306 g/mol. The minimum absolute atomic E-state index is 0.575. The Morgan fingerprint density at radius 2 is 1.89 bits per heavy atom. The molecular weight excluding hydrogens is 290 g/mol. The molecule has 0 amide bonds. The van der Waals surface area contributed by atoms with Crippen LogP contribution in [0.1, 0.15) is 24.5 Å². The van der Waals surface area contributed by atoms with Crippen LogP contribution >= 0.6 is 15.9 Å². The Morgan fingerprint density at radius 3 is 2.61 bits per heavy atom. The minimum Gasteiger partial charge on any atom is -0.317 e. The van der Waals surface area contributed by atoms with E-state index < -0.39 is 0 Å². The van der Waals surface area contributed by atoms with E-state index in [-0.39, 0.29) is 0 Å². The molecule has 0 aliphatic carbocycles. The molecule has 1 fully saturated rings. The highest BCUT2D eigenvalue weighted by atomic mass is 79.9. The molecule has 0 radical (unpaired) electrons. The lowest BCUT2D eigenvalue weighted by Crippen LogP contribution is -2.27. The van der Waals surface area contributed by atoms with E-state index >= 15 is 0 Å². The molecule has 1 aliphatic rings. The Kier molecular flexibility index (Phi) is 3.48. The fourth-order valence-electron chi connectivity index (χ4n) is 2.45. The van der Waals surface area contributed by atoms with E-state index in [1.807, 2.05) is 22.9 Å². The lowest BCUT2D eigenvalue weighted by Gasteiger charge is -2.21. The fraction of sp³-hybridized carbons (Fsp3) is 0.357. The third-order valence-electron chi connectivity index (χ3n) is 3.44. The molecular formula is C14H16BrN3. The van der Waals surface area contributed by atoms with Crippen molar-refractivity contribution >= 4 is 15.9 Å². The number of hydrogen-bond acceptors (Lipinski definition) is 2. The molecule has 18 heavy (non-hydrogen) atoms. The molecule has 3 nitrogen and oxygen atoms in total. The highest BCUT2D eigenvalue weighted by molar-refractivity contribution is 9.10. The van der Waals surface area contributed by atoms with E-state index in [1.54, 1.807) is 0 Å². The summed E-state index contributed by atoms with van der Waals surface area (Å²) < 4.78 is 3.08. The van der Waals surface area contributed by atoms with E-state index in [2.05, 4.69) is 39.6 Å². The molecule has 2 aromatic rings. The molecule has 0 atom stereocenters. The van der Waals surface area contributed by atoms with Crippen molar-refractivity contribution in [1.82, 2.24) is 15.1 Å². The second-order valence-electron chi connectivity index (χ2n) is 4.67. The number of para-hydroxylation sites is 1. The SMILES string of the molecule is Brc1cn(-c2ccccc2)nc1C1CCNCC1. The summed E-state index contributed by atoms with van der Waals surface area (Å²) in [6.45, 7) is 2.19. The van der Waals surface area contributed by atoms with Gasteiger partial charge in [0.2, 0.25) is 0 Å². The van der Waals surface area contributed by atoms with Gasteiger partial charge in [-0.3, -0.25) is 0 Å². The fourth-order valence-corrected chi connectivity index (χ4v) is 3.05. The summed E-state index contributed by atoms with van der Waals surface area (Å²) in [7, 11) is 0. The Bertz CT molecular complexity index is 515. The topological polar surface area (TPSA) is 29.9 Å². The van der Waals surface area contributed by atoms with Gasteiger partial charge in [0, 0.05) is 12.1 Å². The van der Waals surface area contributed by atoms with Crippen LogP contribution in [0.3, 0.4) is 0 Å². The van der Waals surface area contributed by atoms with Crippen molar-refractivity contribution in [2.24, 2.45) is 0 Å². The molecule has 1 aromatic heterocycles. The van der Waals surface area contributed by atoms with Gasteiger partial charge in [0.05, 0.1) is 15.9 Å². The van der Waals surface area contributed by atoms with Gasteiger partial charge in [-0.2, -0.15) is 5.10 Å². The first-order valence-corrected chi connectivity index (χ1v) is 7.15. The minimum atomic E-state index is 0.575. The van der Waals surface area contributed by atoms with Crippen molar-refractivity contribution in [1.29, 1.82) is 0 Å². The number of aromatic nitrogens is 2. The van der Waals surface area contributed by atoms with E-state index in [9.17, 15) is 0 Å². The van der Waals surface area contributed by atoms with E-state index in [0.717, 1.165) is 23.2 Å². The van der Waals surface area contributed by atoms with Gasteiger partial charge in [-0.05, 0) is 54.0 Å². The highest BCUT2D eigenvalue weighted by Gasteiger charge is 2.21. The molecule has 4 heteroatoms. The molecule has 1 N–H and O–H groups in total. The van der Waals surface area contributed by atoms with Gasteiger partial charge in [0.25, 0.3) is 0 Å². The van der Waals surface area contributed by atoms with Crippen LogP contribution in [0.5, 0.6) is 0 Å². The average Bonchev–Trinajstić information content (AvgIpc) is 2.83. The summed E-state index contributed by atoms with van der Waals surface area (Å²) in [6, 6.07) is 10.2. The predicted octanol–water partition coefficient (Wildman–Crippen LogP) is 3.10. The van der Waals surface area contributed by atoms with E-state index in [4.69, 9.17) is 5.10 Å². The lowest BCUT2D eigenvalue weighted by molar-refractivity contribution is 0.450. The molecule has 94 valence electrons. The van der Waals surface area contributed by atoms with Crippen molar-refractivity contribution in [3.63, 3.8) is 0 Å². The summed E-state index contributed by atoms with van der Waals surface area (Å²) in [5.41, 5.74) is 2.30.